The quantitative estimate of drug-likeness (QED) is 0.0225. The van der Waals surface area contributed by atoms with Gasteiger partial charge in [0, 0.05) is 81.2 Å². The number of nitrogens with zero attached hydrogens (tertiary/aromatic N) is 7. The third kappa shape index (κ3) is 26.5. The fraction of sp³-hybridized carbons (Fsp3) is 0.620. The van der Waals surface area contributed by atoms with Crippen molar-refractivity contribution in [1.82, 2.24) is 56.0 Å². The molecular formula is C71H112N16O16. The fourth-order valence-electron chi connectivity index (χ4n) is 12.6. The summed E-state index contributed by atoms with van der Waals surface area (Å²) in [5.74, 6) is -13.8. The molecule has 0 spiro atoms. The number of benzene rings is 2. The second-order valence-corrected chi connectivity index (χ2v) is 27.3. The van der Waals surface area contributed by atoms with E-state index in [0.717, 1.165) is 14.7 Å². The summed E-state index contributed by atoms with van der Waals surface area (Å²) in [4.78, 5) is 207. The van der Waals surface area contributed by atoms with Crippen LogP contribution in [0.5, 0.6) is 0 Å². The van der Waals surface area contributed by atoms with E-state index in [4.69, 9.17) is 27.7 Å². The molecule has 32 nitrogen and oxygen atoms in total. The first kappa shape index (κ1) is 87.5. The summed E-state index contributed by atoms with van der Waals surface area (Å²) in [6.45, 7) is 13.6. The lowest BCUT2D eigenvalue weighted by Crippen LogP contribution is -2.63. The van der Waals surface area contributed by atoms with Crippen molar-refractivity contribution in [2.24, 2.45) is 51.6 Å². The van der Waals surface area contributed by atoms with Gasteiger partial charge in [0.2, 0.25) is 76.8 Å². The number of likely N-dealkylation sites (N-methyl/N-ethyl adjacent to an activating group) is 5. The van der Waals surface area contributed by atoms with Crippen LogP contribution < -0.4 is 49.5 Å². The largest absolute Gasteiger partial charge is 0.480 e. The number of carboxylic acid groups (broad SMARTS) is 1. The van der Waals surface area contributed by atoms with Crippen molar-refractivity contribution in [1.29, 1.82) is 0 Å². The van der Waals surface area contributed by atoms with Crippen molar-refractivity contribution in [3.63, 3.8) is 0 Å². The molecule has 0 saturated carbocycles. The Morgan fingerprint density at radius 1 is 0.583 bits per heavy atom. The molecule has 0 bridgehead atoms. The van der Waals surface area contributed by atoms with Gasteiger partial charge >= 0.3 is 5.97 Å². The summed E-state index contributed by atoms with van der Waals surface area (Å²) in [6, 6.07) is 3.91. The highest BCUT2D eigenvalue weighted by molar-refractivity contribution is 6.00. The van der Waals surface area contributed by atoms with Crippen LogP contribution in [0.25, 0.3) is 0 Å². The summed E-state index contributed by atoms with van der Waals surface area (Å²) < 4.78 is 5.02. The van der Waals surface area contributed by atoms with Gasteiger partial charge in [0.1, 0.15) is 67.0 Å². The van der Waals surface area contributed by atoms with Crippen LogP contribution in [0.2, 0.25) is 0 Å². The Labute approximate surface area is 604 Å². The van der Waals surface area contributed by atoms with Crippen LogP contribution in [0.1, 0.15) is 131 Å². The van der Waals surface area contributed by atoms with Gasteiger partial charge in [-0.05, 0) is 66.9 Å². The van der Waals surface area contributed by atoms with Crippen LogP contribution in [0.4, 0.5) is 0 Å². The van der Waals surface area contributed by atoms with Gasteiger partial charge in [0.05, 0.1) is 12.8 Å². The predicted octanol–water partition coefficient (Wildman–Crippen LogP) is -0.627. The van der Waals surface area contributed by atoms with Crippen LogP contribution >= 0.6 is 0 Å². The van der Waals surface area contributed by atoms with E-state index in [2.05, 4.69) is 31.6 Å². The number of nitrogens with one attached hydrogen (secondary N) is 5. The van der Waals surface area contributed by atoms with Crippen molar-refractivity contribution in [2.75, 3.05) is 68.6 Å². The number of hydrogen-bond donors (Lipinski definition) is 10. The molecule has 0 radical (unpaired) electrons. The van der Waals surface area contributed by atoms with Gasteiger partial charge in [0.15, 0.2) is 5.96 Å². The number of aliphatic imine (C=N–C) groups is 1. The van der Waals surface area contributed by atoms with Gasteiger partial charge in [-0.1, -0.05) is 129 Å². The van der Waals surface area contributed by atoms with Crippen LogP contribution in [-0.4, -0.2) is 252 Å². The summed E-state index contributed by atoms with van der Waals surface area (Å²) in [6.07, 6.45) is -0.353. The summed E-state index contributed by atoms with van der Waals surface area (Å²) in [7, 11) is 8.07. The number of nitrogens with two attached hydrogens (primary N) is 4. The number of rotatable bonds is 43. The van der Waals surface area contributed by atoms with Crippen molar-refractivity contribution >= 4 is 88.7 Å². The van der Waals surface area contributed by atoms with Gasteiger partial charge < -0.3 is 88.8 Å². The van der Waals surface area contributed by atoms with E-state index in [0.29, 0.717) is 30.4 Å². The summed E-state index contributed by atoms with van der Waals surface area (Å²) >= 11 is 0. The maximum absolute atomic E-state index is 15.3. The van der Waals surface area contributed by atoms with Gasteiger partial charge in [0.25, 0.3) is 0 Å². The van der Waals surface area contributed by atoms with E-state index in [-0.39, 0.29) is 83.1 Å². The lowest BCUT2D eigenvalue weighted by molar-refractivity contribution is -0.158. The highest BCUT2D eigenvalue weighted by Gasteiger charge is 2.46. The standard InChI is InChI=1S/C71H112N16O16/c1-15-43(7)59(85(12)64(95)49(79-57(91)40-103-14)36-45-25-19-17-20-26-45)68(99)83(10)53(39-55(73)89)66(97)86(13)60(44(8)16-2)69(100)84(11)58(42(5)6)67(98)82(9)52(35-41(3)4)63(94)80-48(38-54(72)88)61(92)81-50(37-46-27-21-18-22-28-46)65(96)87-34-24-30-51(87)62(93)76-33-31-56(90)78-47(70(101)102)29-23-32-77-71(74)75/h17-22,25-28,41-44,47-53,58-60H,15-16,23-24,29-40H2,1-14H3,(H2,72,88)(H2,73,89)(H,76,93)(H,78,90)(H,79,91)(H,80,94)(H,81,92)(H,101,102)(H4,74,75,77). The number of primary amides is 2. The van der Waals surface area contributed by atoms with E-state index < -0.39 is 174 Å². The number of carboxylic acids is 1. The first-order valence-corrected chi connectivity index (χ1v) is 35.0. The van der Waals surface area contributed by atoms with E-state index in [1.165, 1.54) is 57.0 Å². The highest BCUT2D eigenvalue weighted by Crippen LogP contribution is 2.27. The Morgan fingerprint density at radius 3 is 1.56 bits per heavy atom. The topological polar surface area (TPSA) is 464 Å². The Bertz CT molecular complexity index is 3260. The molecule has 1 aliphatic rings. The molecule has 13 amide bonds. The zero-order valence-corrected chi connectivity index (χ0v) is 62.2. The minimum Gasteiger partial charge on any atom is -0.480 e. The molecule has 1 saturated heterocycles. The number of likely N-dealkylation sites (tertiary alicyclic amines) is 1. The maximum Gasteiger partial charge on any atom is 0.326 e. The molecule has 1 heterocycles. The Hall–Kier alpha value is -9.75. The molecule has 2 aromatic carbocycles. The van der Waals surface area contributed by atoms with E-state index >= 15 is 19.2 Å². The number of aliphatic carboxylic acids is 1. The van der Waals surface area contributed by atoms with Crippen molar-refractivity contribution in [3.05, 3.63) is 71.8 Å². The molecule has 12 unspecified atom stereocenters. The van der Waals surface area contributed by atoms with Crippen LogP contribution in [0, 0.1) is 23.7 Å². The van der Waals surface area contributed by atoms with Gasteiger partial charge in [-0.3, -0.25) is 67.3 Å². The molecule has 0 aliphatic carbocycles. The first-order valence-electron chi connectivity index (χ1n) is 35.0. The Morgan fingerprint density at radius 2 is 1.07 bits per heavy atom. The molecule has 103 heavy (non-hydrogen) atoms. The average Bonchev–Trinajstić information content (AvgIpc) is 1.05. The minimum atomic E-state index is -1.73. The number of methoxy groups -OCH3 is 1. The number of guanidine groups is 1. The van der Waals surface area contributed by atoms with Crippen molar-refractivity contribution in [2.45, 2.75) is 193 Å². The zero-order valence-electron chi connectivity index (χ0n) is 62.2. The molecule has 14 N–H and O–H groups in total. The third-order valence-electron chi connectivity index (χ3n) is 18.6. The van der Waals surface area contributed by atoms with Gasteiger partial charge in [-0.2, -0.15) is 0 Å². The molecule has 12 atom stereocenters. The van der Waals surface area contributed by atoms with Crippen LogP contribution in [-0.2, 0) is 84.7 Å². The Kier molecular flexibility index (Phi) is 36.2. The normalized spacial score (nSPS) is 15.9. The molecule has 1 fully saturated rings. The molecule has 3 rings (SSSR count). The van der Waals surface area contributed by atoms with E-state index in [1.54, 1.807) is 116 Å². The van der Waals surface area contributed by atoms with E-state index in [9.17, 15) is 53.1 Å². The first-order chi connectivity index (χ1) is 48.4. The number of carbonyl (C=O) groups excluding carboxylic acids is 13. The molecule has 2 aromatic rings. The number of ether oxygens (including phenoxy) is 1. The maximum atomic E-state index is 15.3. The smallest absolute Gasteiger partial charge is 0.326 e. The van der Waals surface area contributed by atoms with Crippen LogP contribution in [0.3, 0.4) is 0 Å². The lowest BCUT2D eigenvalue weighted by Gasteiger charge is -2.42. The summed E-state index contributed by atoms with van der Waals surface area (Å²) in [5.41, 5.74) is 23.5. The molecular weight excluding hydrogens is 1330 g/mol. The Balaban J connectivity index is 1.96. The minimum absolute atomic E-state index is 0.0222. The SMILES string of the molecule is CCC(C)C(C(=O)N(C)C(CC(N)=O)C(=O)N(C)C(C(=O)N(C)C(C(=O)N(C)C(CC(C)C)C(=O)NC(CC(N)=O)C(=O)NC(Cc1ccccc1)C(=O)N1CCCC1C(=O)NCCC(=O)NC(CCCN=C(N)N)C(=O)O)C(C)C)C(C)CC)N(C)C(=O)C(Cc1ccccc1)NC(=O)COC. The number of hydrogen-bond acceptors (Lipinski definition) is 16. The van der Waals surface area contributed by atoms with Crippen molar-refractivity contribution < 1.29 is 77.0 Å². The van der Waals surface area contributed by atoms with Crippen molar-refractivity contribution in [3.8, 4) is 0 Å². The molecule has 1 aliphatic heterocycles. The monoisotopic (exact) mass is 1440 g/mol. The second kappa shape index (κ2) is 42.6. The molecule has 572 valence electrons. The molecule has 32 heteroatoms. The second-order valence-electron chi connectivity index (χ2n) is 27.3. The highest BCUT2D eigenvalue weighted by atomic mass is 16.5. The van der Waals surface area contributed by atoms with Gasteiger partial charge in [-0.25, -0.2) is 4.79 Å². The molecule has 0 aromatic heterocycles. The number of carbonyl (C=O) groups is 14. The number of amides is 13. The van der Waals surface area contributed by atoms with Gasteiger partial charge in [-0.15, -0.1) is 0 Å². The zero-order chi connectivity index (χ0) is 77.7. The van der Waals surface area contributed by atoms with E-state index in [1.807, 2.05) is 0 Å². The predicted molar refractivity (Wildman–Crippen MR) is 383 cm³/mol. The van der Waals surface area contributed by atoms with Crippen LogP contribution in [0.15, 0.2) is 65.7 Å². The lowest BCUT2D eigenvalue weighted by atomic mass is 9.92. The average molecular weight is 1450 g/mol. The third-order valence-corrected chi connectivity index (χ3v) is 18.6. The fourth-order valence-corrected chi connectivity index (χ4v) is 12.6. The summed E-state index contributed by atoms with van der Waals surface area (Å²) in [5, 5.41) is 22.7.